The highest BCUT2D eigenvalue weighted by atomic mass is 16.5. The first-order valence-corrected chi connectivity index (χ1v) is 6.53. The zero-order valence-electron chi connectivity index (χ0n) is 11.5. The Kier molecular flexibility index (Phi) is 3.55. The summed E-state index contributed by atoms with van der Waals surface area (Å²) in [6, 6.07) is 14.5. The second-order valence-electron chi connectivity index (χ2n) is 4.49. The number of methoxy groups -OCH3 is 1. The lowest BCUT2D eigenvalue weighted by Crippen LogP contribution is -2.22. The molecule has 0 aliphatic rings. The van der Waals surface area contributed by atoms with E-state index < -0.39 is 0 Å². The maximum atomic E-state index is 12.1. The van der Waals surface area contributed by atoms with Crippen LogP contribution in [-0.4, -0.2) is 18.0 Å². The lowest BCUT2D eigenvalue weighted by Gasteiger charge is -2.04. The van der Waals surface area contributed by atoms with E-state index in [4.69, 9.17) is 9.15 Å². The molecule has 0 saturated carbocycles. The number of oxazole rings is 1. The fraction of sp³-hybridized carbons (Fsp3) is 0.125. The van der Waals surface area contributed by atoms with Crippen LogP contribution in [0.25, 0.3) is 11.1 Å². The number of aromatic nitrogens is 1. The Bertz CT molecular complexity index is 747. The van der Waals surface area contributed by atoms with Gasteiger partial charge in [0.25, 0.3) is 5.91 Å². The monoisotopic (exact) mass is 282 g/mol. The smallest absolute Gasteiger partial charge is 0.251 e. The molecule has 0 aliphatic heterocycles. The summed E-state index contributed by atoms with van der Waals surface area (Å²) >= 11 is 0. The zero-order valence-corrected chi connectivity index (χ0v) is 11.5. The number of nitrogens with zero attached hydrogens (tertiary/aromatic N) is 1. The van der Waals surface area contributed by atoms with Crippen molar-refractivity contribution in [2.45, 2.75) is 6.54 Å². The van der Waals surface area contributed by atoms with Gasteiger partial charge >= 0.3 is 0 Å². The van der Waals surface area contributed by atoms with Crippen molar-refractivity contribution in [1.29, 1.82) is 0 Å². The number of nitrogens with one attached hydrogen (secondary N) is 1. The Balaban J connectivity index is 1.70. The third kappa shape index (κ3) is 2.86. The number of carbonyl (C=O) groups excluding carboxylic acids is 1. The minimum absolute atomic E-state index is 0.198. The molecule has 0 fully saturated rings. The number of para-hydroxylation sites is 2. The summed E-state index contributed by atoms with van der Waals surface area (Å²) in [5.74, 6) is 0.924. The summed E-state index contributed by atoms with van der Waals surface area (Å²) < 4.78 is 10.6. The van der Waals surface area contributed by atoms with Gasteiger partial charge in [-0.1, -0.05) is 18.2 Å². The van der Waals surface area contributed by atoms with Crippen molar-refractivity contribution >= 4 is 17.0 Å². The second kappa shape index (κ2) is 5.66. The molecule has 5 nitrogen and oxygen atoms in total. The first kappa shape index (κ1) is 13.2. The predicted octanol–water partition coefficient (Wildman–Crippen LogP) is 2.77. The topological polar surface area (TPSA) is 64.4 Å². The minimum Gasteiger partial charge on any atom is -0.497 e. The Morgan fingerprint density at radius 2 is 2.10 bits per heavy atom. The summed E-state index contributed by atoms with van der Waals surface area (Å²) in [5, 5.41) is 2.78. The van der Waals surface area contributed by atoms with E-state index in [-0.39, 0.29) is 12.5 Å². The van der Waals surface area contributed by atoms with Gasteiger partial charge in [-0.15, -0.1) is 0 Å². The van der Waals surface area contributed by atoms with Gasteiger partial charge in [0, 0.05) is 5.56 Å². The molecule has 3 rings (SSSR count). The second-order valence-corrected chi connectivity index (χ2v) is 4.49. The van der Waals surface area contributed by atoms with Gasteiger partial charge in [-0.05, 0) is 30.3 Å². The quantitative estimate of drug-likeness (QED) is 0.799. The molecule has 1 heterocycles. The highest BCUT2D eigenvalue weighted by molar-refractivity contribution is 5.94. The molecule has 2 aromatic carbocycles. The average molecular weight is 282 g/mol. The molecule has 0 bridgehead atoms. The number of benzene rings is 2. The highest BCUT2D eigenvalue weighted by Gasteiger charge is 2.09. The molecule has 5 heteroatoms. The SMILES string of the molecule is COc1cccc(C(=O)NCc2nc3ccccc3o2)c1. The molecule has 3 aromatic rings. The molecule has 21 heavy (non-hydrogen) atoms. The molecule has 1 N–H and O–H groups in total. The average Bonchev–Trinajstić information content (AvgIpc) is 2.95. The van der Waals surface area contributed by atoms with Crippen molar-refractivity contribution in [3.63, 3.8) is 0 Å². The summed E-state index contributed by atoms with van der Waals surface area (Å²) in [6.45, 7) is 0.241. The molecule has 0 spiro atoms. The summed E-state index contributed by atoms with van der Waals surface area (Å²) in [4.78, 5) is 16.4. The summed E-state index contributed by atoms with van der Waals surface area (Å²) in [6.07, 6.45) is 0. The Hall–Kier alpha value is -2.82. The summed E-state index contributed by atoms with van der Waals surface area (Å²) in [7, 11) is 1.56. The summed E-state index contributed by atoms with van der Waals surface area (Å²) in [5.41, 5.74) is 2.02. The van der Waals surface area contributed by atoms with Crippen LogP contribution in [0.1, 0.15) is 16.2 Å². The van der Waals surface area contributed by atoms with Crippen molar-refractivity contribution in [3.8, 4) is 5.75 Å². The Labute approximate surface area is 121 Å². The number of rotatable bonds is 4. The molecule has 0 radical (unpaired) electrons. The molecule has 0 atom stereocenters. The predicted molar refractivity (Wildman–Crippen MR) is 78.2 cm³/mol. The van der Waals surface area contributed by atoms with Crippen LogP contribution in [-0.2, 0) is 6.54 Å². The van der Waals surface area contributed by atoms with Crippen molar-refractivity contribution in [2.24, 2.45) is 0 Å². The number of fused-ring (bicyclic) bond motifs is 1. The van der Waals surface area contributed by atoms with Gasteiger partial charge in [-0.3, -0.25) is 4.79 Å². The minimum atomic E-state index is -0.198. The van der Waals surface area contributed by atoms with E-state index in [1.807, 2.05) is 24.3 Å². The van der Waals surface area contributed by atoms with Gasteiger partial charge in [0.15, 0.2) is 5.58 Å². The molecular formula is C16H14N2O3. The maximum Gasteiger partial charge on any atom is 0.251 e. The van der Waals surface area contributed by atoms with E-state index in [1.165, 1.54) is 0 Å². The number of carbonyl (C=O) groups is 1. The van der Waals surface area contributed by atoms with Crippen molar-refractivity contribution in [2.75, 3.05) is 7.11 Å². The van der Waals surface area contributed by atoms with E-state index in [9.17, 15) is 4.79 Å². The van der Waals surface area contributed by atoms with Gasteiger partial charge < -0.3 is 14.5 Å². The van der Waals surface area contributed by atoms with Crippen LogP contribution in [0, 0.1) is 0 Å². The fourth-order valence-electron chi connectivity index (χ4n) is 2.02. The number of hydrogen-bond donors (Lipinski definition) is 1. The molecule has 106 valence electrons. The van der Waals surface area contributed by atoms with Crippen LogP contribution in [0.15, 0.2) is 52.9 Å². The van der Waals surface area contributed by atoms with Crippen molar-refractivity contribution < 1.29 is 13.9 Å². The number of amides is 1. The number of ether oxygens (including phenoxy) is 1. The van der Waals surface area contributed by atoms with Gasteiger partial charge in [0.2, 0.25) is 5.89 Å². The molecule has 0 aliphatic carbocycles. The molecule has 0 saturated heterocycles. The van der Waals surface area contributed by atoms with E-state index in [1.54, 1.807) is 31.4 Å². The standard InChI is InChI=1S/C16H14N2O3/c1-20-12-6-4-5-11(9-12)16(19)17-10-15-18-13-7-2-3-8-14(13)21-15/h2-9H,10H2,1H3,(H,17,19). The molecule has 1 aromatic heterocycles. The molecular weight excluding hydrogens is 268 g/mol. The van der Waals surface area contributed by atoms with Gasteiger partial charge in [-0.2, -0.15) is 0 Å². The fourth-order valence-corrected chi connectivity index (χ4v) is 2.02. The van der Waals surface area contributed by atoms with E-state index >= 15 is 0 Å². The first-order valence-electron chi connectivity index (χ1n) is 6.53. The lowest BCUT2D eigenvalue weighted by atomic mass is 10.2. The Morgan fingerprint density at radius 3 is 2.90 bits per heavy atom. The lowest BCUT2D eigenvalue weighted by molar-refractivity contribution is 0.0947. The van der Waals surface area contributed by atoms with Gasteiger partial charge in [0.05, 0.1) is 13.7 Å². The molecule has 0 unspecified atom stereocenters. The normalized spacial score (nSPS) is 10.5. The van der Waals surface area contributed by atoms with E-state index in [0.717, 1.165) is 5.52 Å². The van der Waals surface area contributed by atoms with Gasteiger partial charge in [0.1, 0.15) is 11.3 Å². The van der Waals surface area contributed by atoms with Crippen molar-refractivity contribution in [3.05, 3.63) is 60.0 Å². The Morgan fingerprint density at radius 1 is 1.24 bits per heavy atom. The third-order valence-corrected chi connectivity index (χ3v) is 3.07. The first-order chi connectivity index (χ1) is 10.3. The van der Waals surface area contributed by atoms with Crippen LogP contribution in [0.3, 0.4) is 0 Å². The van der Waals surface area contributed by atoms with Crippen LogP contribution >= 0.6 is 0 Å². The van der Waals surface area contributed by atoms with E-state index in [0.29, 0.717) is 22.8 Å². The van der Waals surface area contributed by atoms with E-state index in [2.05, 4.69) is 10.3 Å². The number of hydrogen-bond acceptors (Lipinski definition) is 4. The third-order valence-electron chi connectivity index (χ3n) is 3.07. The van der Waals surface area contributed by atoms with Gasteiger partial charge in [-0.25, -0.2) is 4.98 Å². The van der Waals surface area contributed by atoms with Crippen LogP contribution in [0.5, 0.6) is 5.75 Å². The molecule has 1 amide bonds. The highest BCUT2D eigenvalue weighted by Crippen LogP contribution is 2.15. The van der Waals surface area contributed by atoms with Crippen molar-refractivity contribution in [1.82, 2.24) is 10.3 Å². The largest absolute Gasteiger partial charge is 0.497 e. The van der Waals surface area contributed by atoms with Crippen LogP contribution < -0.4 is 10.1 Å². The van der Waals surface area contributed by atoms with Crippen LogP contribution in [0.4, 0.5) is 0 Å². The maximum absolute atomic E-state index is 12.1. The van der Waals surface area contributed by atoms with Crippen LogP contribution in [0.2, 0.25) is 0 Å². The zero-order chi connectivity index (χ0) is 14.7.